The van der Waals surface area contributed by atoms with Crippen LogP contribution in [0.3, 0.4) is 0 Å². The number of hydrogen-bond donors (Lipinski definition) is 1. The fourth-order valence-electron chi connectivity index (χ4n) is 2.60. The molecule has 1 N–H and O–H groups in total. The summed E-state index contributed by atoms with van der Waals surface area (Å²) in [5.74, 6) is -0.470. The van der Waals surface area contributed by atoms with Crippen LogP contribution in [0.5, 0.6) is 0 Å². The van der Waals surface area contributed by atoms with E-state index < -0.39 is 10.8 Å². The van der Waals surface area contributed by atoms with Crippen molar-refractivity contribution in [3.8, 4) is 10.6 Å². The first-order valence-corrected chi connectivity index (χ1v) is 8.83. The van der Waals surface area contributed by atoms with E-state index in [9.17, 15) is 14.9 Å². The summed E-state index contributed by atoms with van der Waals surface area (Å²) in [6, 6.07) is 13.9. The minimum atomic E-state index is -0.552. The van der Waals surface area contributed by atoms with Gasteiger partial charge >= 0.3 is 0 Å². The molecule has 0 fully saturated rings. The molecule has 0 spiro atoms. The maximum Gasteiger partial charge on any atom is 0.282 e. The number of carbonyl (C=O) groups excluding carboxylic acids is 1. The molecule has 3 rings (SSSR count). The number of para-hydroxylation sites is 1. The summed E-state index contributed by atoms with van der Waals surface area (Å²) >= 11 is 1.51. The number of carbonyl (C=O) groups is 1. The monoisotopic (exact) mass is 367 g/mol. The van der Waals surface area contributed by atoms with Crippen molar-refractivity contribution in [3.05, 3.63) is 80.3 Å². The summed E-state index contributed by atoms with van der Waals surface area (Å²) in [6.07, 6.45) is 0. The van der Waals surface area contributed by atoms with Gasteiger partial charge in [-0.15, -0.1) is 11.3 Å². The molecule has 0 radical (unpaired) electrons. The largest absolute Gasteiger partial charge is 0.347 e. The van der Waals surface area contributed by atoms with Crippen LogP contribution in [0.2, 0.25) is 0 Å². The van der Waals surface area contributed by atoms with E-state index >= 15 is 0 Å². The Hall–Kier alpha value is -3.06. The molecule has 26 heavy (non-hydrogen) atoms. The first-order valence-electron chi connectivity index (χ1n) is 8.01. The number of nitro groups is 1. The van der Waals surface area contributed by atoms with Crippen LogP contribution in [0.15, 0.2) is 48.5 Å². The van der Waals surface area contributed by atoms with E-state index in [0.29, 0.717) is 0 Å². The van der Waals surface area contributed by atoms with Crippen molar-refractivity contribution in [2.24, 2.45) is 0 Å². The Morgan fingerprint density at radius 1 is 1.15 bits per heavy atom. The van der Waals surface area contributed by atoms with Gasteiger partial charge in [-0.25, -0.2) is 4.98 Å². The minimum absolute atomic E-state index is 0.0544. The number of thiazole rings is 1. The zero-order valence-corrected chi connectivity index (χ0v) is 15.2. The smallest absolute Gasteiger partial charge is 0.282 e. The van der Waals surface area contributed by atoms with Gasteiger partial charge in [-0.3, -0.25) is 14.9 Å². The van der Waals surface area contributed by atoms with E-state index in [1.165, 1.54) is 29.5 Å². The van der Waals surface area contributed by atoms with Gasteiger partial charge in [-0.1, -0.05) is 36.4 Å². The molecule has 0 aliphatic heterocycles. The van der Waals surface area contributed by atoms with Crippen LogP contribution in [-0.2, 0) is 6.54 Å². The number of rotatable bonds is 5. The third-order valence-electron chi connectivity index (χ3n) is 4.02. The van der Waals surface area contributed by atoms with Crippen molar-refractivity contribution in [3.63, 3.8) is 0 Å². The molecular weight excluding hydrogens is 350 g/mol. The molecule has 0 unspecified atom stereocenters. The Kier molecular flexibility index (Phi) is 5.09. The molecule has 0 saturated heterocycles. The molecular formula is C19H17N3O3S. The standard InChI is InChI=1S/C19H17N3O3S/c1-12-7-3-4-8-14(12)19-21-13(2)17(26-19)11-20-18(23)15-9-5-6-10-16(15)22(24)25/h3-10H,11H2,1-2H3,(H,20,23). The van der Waals surface area contributed by atoms with Crippen LogP contribution in [0.4, 0.5) is 5.69 Å². The summed E-state index contributed by atoms with van der Waals surface area (Å²) in [4.78, 5) is 28.4. The van der Waals surface area contributed by atoms with E-state index in [1.54, 1.807) is 6.07 Å². The number of nitro benzene ring substituents is 1. The number of aryl methyl sites for hydroxylation is 2. The molecule has 1 amide bonds. The Bertz CT molecular complexity index is 982. The highest BCUT2D eigenvalue weighted by atomic mass is 32.1. The van der Waals surface area contributed by atoms with Gasteiger partial charge in [-0.2, -0.15) is 0 Å². The van der Waals surface area contributed by atoms with Gasteiger partial charge in [0.1, 0.15) is 10.6 Å². The fourth-order valence-corrected chi connectivity index (χ4v) is 3.69. The number of nitrogens with zero attached hydrogens (tertiary/aromatic N) is 2. The Morgan fingerprint density at radius 3 is 2.58 bits per heavy atom. The molecule has 0 atom stereocenters. The molecule has 0 aliphatic carbocycles. The van der Waals surface area contributed by atoms with Gasteiger partial charge in [0.2, 0.25) is 0 Å². The average Bonchev–Trinajstić information content (AvgIpc) is 3.00. The van der Waals surface area contributed by atoms with Crippen LogP contribution in [0.25, 0.3) is 10.6 Å². The maximum absolute atomic E-state index is 12.4. The number of hydrogen-bond acceptors (Lipinski definition) is 5. The van der Waals surface area contributed by atoms with Crippen LogP contribution in [0.1, 0.15) is 26.5 Å². The molecule has 0 bridgehead atoms. The van der Waals surface area contributed by atoms with Crippen molar-refractivity contribution >= 4 is 22.9 Å². The van der Waals surface area contributed by atoms with Gasteiger partial charge in [0, 0.05) is 16.5 Å². The van der Waals surface area contributed by atoms with Gasteiger partial charge in [0.25, 0.3) is 11.6 Å². The summed E-state index contributed by atoms with van der Waals surface area (Å²) in [5, 5.41) is 14.7. The third kappa shape index (κ3) is 3.62. The third-order valence-corrected chi connectivity index (χ3v) is 5.21. The Labute approximate surface area is 154 Å². The molecule has 1 heterocycles. The molecule has 3 aromatic rings. The summed E-state index contributed by atoms with van der Waals surface area (Å²) in [6.45, 7) is 4.20. The average molecular weight is 367 g/mol. The van der Waals surface area contributed by atoms with Crippen LogP contribution < -0.4 is 5.32 Å². The predicted octanol–water partition coefficient (Wildman–Crippen LogP) is 4.27. The summed E-state index contributed by atoms with van der Waals surface area (Å²) in [7, 11) is 0. The zero-order chi connectivity index (χ0) is 18.7. The molecule has 0 saturated carbocycles. The van der Waals surface area contributed by atoms with E-state index in [-0.39, 0.29) is 17.8 Å². The van der Waals surface area contributed by atoms with Crippen molar-refractivity contribution < 1.29 is 9.72 Å². The Balaban J connectivity index is 1.78. The topological polar surface area (TPSA) is 85.1 Å². The van der Waals surface area contributed by atoms with Gasteiger partial charge in [-0.05, 0) is 25.5 Å². The molecule has 2 aromatic carbocycles. The second-order valence-electron chi connectivity index (χ2n) is 5.80. The lowest BCUT2D eigenvalue weighted by Gasteiger charge is -2.05. The second kappa shape index (κ2) is 7.45. The van der Waals surface area contributed by atoms with Crippen molar-refractivity contribution in [2.45, 2.75) is 20.4 Å². The van der Waals surface area contributed by atoms with E-state index in [2.05, 4.69) is 10.3 Å². The molecule has 0 aliphatic rings. The highest BCUT2D eigenvalue weighted by Crippen LogP contribution is 2.30. The first kappa shape index (κ1) is 17.8. The normalized spacial score (nSPS) is 10.5. The van der Waals surface area contributed by atoms with Crippen LogP contribution in [-0.4, -0.2) is 15.8 Å². The second-order valence-corrected chi connectivity index (χ2v) is 6.88. The molecule has 7 heteroatoms. The molecule has 6 nitrogen and oxygen atoms in total. The van der Waals surface area contributed by atoms with Crippen LogP contribution >= 0.6 is 11.3 Å². The zero-order valence-electron chi connectivity index (χ0n) is 14.4. The van der Waals surface area contributed by atoms with Crippen LogP contribution in [0, 0.1) is 24.0 Å². The van der Waals surface area contributed by atoms with Crippen molar-refractivity contribution in [2.75, 3.05) is 0 Å². The summed E-state index contributed by atoms with van der Waals surface area (Å²) in [5.41, 5.74) is 2.90. The number of benzene rings is 2. The molecule has 132 valence electrons. The van der Waals surface area contributed by atoms with Gasteiger partial charge < -0.3 is 5.32 Å². The lowest BCUT2D eigenvalue weighted by molar-refractivity contribution is -0.385. The SMILES string of the molecule is Cc1ccccc1-c1nc(C)c(CNC(=O)c2ccccc2[N+](=O)[O-])s1. The highest BCUT2D eigenvalue weighted by Gasteiger charge is 2.19. The number of aromatic nitrogens is 1. The van der Waals surface area contributed by atoms with Gasteiger partial charge in [0.05, 0.1) is 17.2 Å². The Morgan fingerprint density at radius 2 is 1.85 bits per heavy atom. The van der Waals surface area contributed by atoms with E-state index in [4.69, 9.17) is 0 Å². The van der Waals surface area contributed by atoms with Crippen molar-refractivity contribution in [1.29, 1.82) is 0 Å². The number of amides is 1. The lowest BCUT2D eigenvalue weighted by Crippen LogP contribution is -2.23. The highest BCUT2D eigenvalue weighted by molar-refractivity contribution is 7.15. The lowest BCUT2D eigenvalue weighted by atomic mass is 10.1. The quantitative estimate of drug-likeness (QED) is 0.539. The molecule has 1 aromatic heterocycles. The van der Waals surface area contributed by atoms with E-state index in [1.807, 2.05) is 38.1 Å². The van der Waals surface area contributed by atoms with Gasteiger partial charge in [0.15, 0.2) is 0 Å². The van der Waals surface area contributed by atoms with Crippen molar-refractivity contribution in [1.82, 2.24) is 10.3 Å². The first-order chi connectivity index (χ1) is 12.5. The predicted molar refractivity (Wildman–Crippen MR) is 101 cm³/mol. The maximum atomic E-state index is 12.4. The minimum Gasteiger partial charge on any atom is -0.347 e. The fraction of sp³-hybridized carbons (Fsp3) is 0.158. The van der Waals surface area contributed by atoms with E-state index in [0.717, 1.165) is 26.7 Å². The summed E-state index contributed by atoms with van der Waals surface area (Å²) < 4.78 is 0. The number of nitrogens with one attached hydrogen (secondary N) is 1.